The monoisotopic (exact) mass is 404 g/mol. The van der Waals surface area contributed by atoms with Gasteiger partial charge in [-0.05, 0) is 48.5 Å². The second kappa shape index (κ2) is 7.13. The topological polar surface area (TPSA) is 127 Å². The molecule has 1 aliphatic rings. The first-order valence-corrected chi connectivity index (χ1v) is 8.63. The van der Waals surface area contributed by atoms with E-state index in [1.807, 2.05) is 0 Å². The number of nitro groups is 1. The number of benzene rings is 3. The summed E-state index contributed by atoms with van der Waals surface area (Å²) in [4.78, 5) is 47.8. The fourth-order valence-electron chi connectivity index (χ4n) is 3.07. The molecule has 1 aliphatic heterocycles. The molecular weight excluding hydrogens is 392 g/mol. The lowest BCUT2D eigenvalue weighted by molar-refractivity contribution is -0.384. The number of hydrogen-bond donors (Lipinski definition) is 1. The van der Waals surface area contributed by atoms with Crippen molar-refractivity contribution in [3.63, 3.8) is 0 Å². The summed E-state index contributed by atoms with van der Waals surface area (Å²) in [5.41, 5.74) is 0.421. The number of aromatic carboxylic acids is 1. The first kappa shape index (κ1) is 18.8. The maximum atomic E-state index is 12.8. The molecule has 0 saturated carbocycles. The van der Waals surface area contributed by atoms with Gasteiger partial charge in [0.25, 0.3) is 17.5 Å². The van der Waals surface area contributed by atoms with Gasteiger partial charge in [-0.3, -0.25) is 19.7 Å². The quantitative estimate of drug-likeness (QED) is 0.388. The van der Waals surface area contributed by atoms with E-state index in [9.17, 15) is 24.5 Å². The van der Waals surface area contributed by atoms with Crippen LogP contribution in [0.3, 0.4) is 0 Å². The highest BCUT2D eigenvalue weighted by Gasteiger charge is 2.37. The summed E-state index contributed by atoms with van der Waals surface area (Å²) in [6.07, 6.45) is 0. The molecule has 3 aromatic carbocycles. The van der Waals surface area contributed by atoms with E-state index in [0.717, 1.165) is 4.90 Å². The molecule has 0 fully saturated rings. The Labute approximate surface area is 168 Å². The molecular formula is C21H12N2O7. The van der Waals surface area contributed by atoms with E-state index >= 15 is 0 Å². The Kier molecular flexibility index (Phi) is 4.47. The van der Waals surface area contributed by atoms with E-state index in [1.165, 1.54) is 66.7 Å². The lowest BCUT2D eigenvalue weighted by atomic mass is 10.1. The van der Waals surface area contributed by atoms with Crippen LogP contribution in [-0.4, -0.2) is 27.8 Å². The largest absolute Gasteiger partial charge is 0.478 e. The summed E-state index contributed by atoms with van der Waals surface area (Å²) in [7, 11) is 0. The second-order valence-corrected chi connectivity index (χ2v) is 6.36. The lowest BCUT2D eigenvalue weighted by Crippen LogP contribution is -2.29. The minimum Gasteiger partial charge on any atom is -0.478 e. The van der Waals surface area contributed by atoms with Gasteiger partial charge in [-0.1, -0.05) is 6.07 Å². The molecule has 30 heavy (non-hydrogen) atoms. The average Bonchev–Trinajstić information content (AvgIpc) is 2.98. The number of carboxylic acids is 1. The lowest BCUT2D eigenvalue weighted by Gasteiger charge is -2.13. The standard InChI is InChI=1S/C21H12N2O7/c24-19-17-9-8-16(30-15-3-1-2-14(10-15)23(28)29)11-18(17)20(25)22(19)13-6-4-12(5-7-13)21(26)27/h1-11H,(H,26,27). The molecule has 1 heterocycles. The molecule has 4 rings (SSSR count). The Hall–Kier alpha value is -4.53. The van der Waals surface area contributed by atoms with Crippen LogP contribution in [0.5, 0.6) is 11.5 Å². The molecule has 2 amide bonds. The molecule has 0 bridgehead atoms. The van der Waals surface area contributed by atoms with E-state index < -0.39 is 22.7 Å². The van der Waals surface area contributed by atoms with Gasteiger partial charge in [0.2, 0.25) is 0 Å². The maximum Gasteiger partial charge on any atom is 0.335 e. The number of fused-ring (bicyclic) bond motifs is 1. The molecule has 148 valence electrons. The first-order chi connectivity index (χ1) is 14.3. The van der Waals surface area contributed by atoms with Gasteiger partial charge in [-0.2, -0.15) is 0 Å². The maximum absolute atomic E-state index is 12.8. The fourth-order valence-corrected chi connectivity index (χ4v) is 3.07. The number of carboxylic acid groups (broad SMARTS) is 1. The van der Waals surface area contributed by atoms with Crippen LogP contribution in [0.4, 0.5) is 11.4 Å². The summed E-state index contributed by atoms with van der Waals surface area (Å²) in [6.45, 7) is 0. The van der Waals surface area contributed by atoms with Crippen LogP contribution in [0.25, 0.3) is 0 Å². The van der Waals surface area contributed by atoms with E-state index in [0.29, 0.717) is 0 Å². The van der Waals surface area contributed by atoms with Gasteiger partial charge in [0.05, 0.1) is 33.4 Å². The number of nitrogens with zero attached hydrogens (tertiary/aromatic N) is 2. The van der Waals surface area contributed by atoms with Crippen LogP contribution in [0.15, 0.2) is 66.7 Å². The Bertz CT molecular complexity index is 1220. The number of carbonyl (C=O) groups is 3. The molecule has 3 aromatic rings. The highest BCUT2D eigenvalue weighted by Crippen LogP contribution is 2.33. The van der Waals surface area contributed by atoms with Crippen LogP contribution in [0, 0.1) is 10.1 Å². The van der Waals surface area contributed by atoms with E-state index in [-0.39, 0.29) is 39.6 Å². The summed E-state index contributed by atoms with van der Waals surface area (Å²) in [6, 6.07) is 15.3. The summed E-state index contributed by atoms with van der Waals surface area (Å²) >= 11 is 0. The summed E-state index contributed by atoms with van der Waals surface area (Å²) in [5, 5.41) is 19.9. The number of ether oxygens (including phenoxy) is 1. The highest BCUT2D eigenvalue weighted by atomic mass is 16.6. The van der Waals surface area contributed by atoms with Gasteiger partial charge in [0.1, 0.15) is 11.5 Å². The molecule has 0 atom stereocenters. The molecule has 9 heteroatoms. The number of anilines is 1. The van der Waals surface area contributed by atoms with Crippen LogP contribution in [0.2, 0.25) is 0 Å². The third kappa shape index (κ3) is 3.24. The van der Waals surface area contributed by atoms with Gasteiger partial charge >= 0.3 is 5.97 Å². The van der Waals surface area contributed by atoms with Crippen molar-refractivity contribution < 1.29 is 29.2 Å². The Morgan fingerprint density at radius 3 is 2.23 bits per heavy atom. The first-order valence-electron chi connectivity index (χ1n) is 8.63. The minimum atomic E-state index is -1.12. The van der Waals surface area contributed by atoms with Gasteiger partial charge < -0.3 is 9.84 Å². The van der Waals surface area contributed by atoms with Crippen LogP contribution >= 0.6 is 0 Å². The predicted molar refractivity (Wildman–Crippen MR) is 104 cm³/mol. The number of carbonyl (C=O) groups excluding carboxylic acids is 2. The summed E-state index contributed by atoms with van der Waals surface area (Å²) in [5.74, 6) is -1.80. The van der Waals surface area contributed by atoms with Crippen molar-refractivity contribution in [1.82, 2.24) is 0 Å². The predicted octanol–water partition coefficient (Wildman–Crippen LogP) is 3.89. The van der Waals surface area contributed by atoms with Crippen LogP contribution in [0.1, 0.15) is 31.1 Å². The number of rotatable bonds is 5. The minimum absolute atomic E-state index is 0.0306. The number of amides is 2. The average molecular weight is 404 g/mol. The molecule has 0 spiro atoms. The third-order valence-electron chi connectivity index (χ3n) is 4.49. The Morgan fingerprint density at radius 2 is 1.57 bits per heavy atom. The van der Waals surface area contributed by atoms with Crippen molar-refractivity contribution in [2.75, 3.05) is 4.90 Å². The van der Waals surface area contributed by atoms with Crippen molar-refractivity contribution in [3.8, 4) is 11.5 Å². The third-order valence-corrected chi connectivity index (χ3v) is 4.49. The second-order valence-electron chi connectivity index (χ2n) is 6.36. The van der Waals surface area contributed by atoms with Gasteiger partial charge in [0.15, 0.2) is 0 Å². The van der Waals surface area contributed by atoms with Crippen LogP contribution in [-0.2, 0) is 0 Å². The van der Waals surface area contributed by atoms with E-state index in [2.05, 4.69) is 0 Å². The van der Waals surface area contributed by atoms with E-state index in [1.54, 1.807) is 0 Å². The zero-order chi connectivity index (χ0) is 21.4. The Morgan fingerprint density at radius 1 is 0.900 bits per heavy atom. The number of hydrogen-bond acceptors (Lipinski definition) is 6. The molecule has 9 nitrogen and oxygen atoms in total. The zero-order valence-electron chi connectivity index (χ0n) is 15.1. The number of imide groups is 1. The van der Waals surface area contributed by atoms with Crippen LogP contribution < -0.4 is 9.64 Å². The number of nitro benzene ring substituents is 1. The molecule has 0 aliphatic carbocycles. The normalized spacial score (nSPS) is 12.6. The number of non-ortho nitro benzene ring substituents is 1. The molecule has 0 unspecified atom stereocenters. The van der Waals surface area contributed by atoms with Gasteiger partial charge in [-0.15, -0.1) is 0 Å². The van der Waals surface area contributed by atoms with E-state index in [4.69, 9.17) is 9.84 Å². The van der Waals surface area contributed by atoms with Gasteiger partial charge in [-0.25, -0.2) is 9.69 Å². The van der Waals surface area contributed by atoms with Crippen molar-refractivity contribution in [2.24, 2.45) is 0 Å². The molecule has 1 N–H and O–H groups in total. The Balaban J connectivity index is 1.63. The molecule has 0 saturated heterocycles. The van der Waals surface area contributed by atoms with Gasteiger partial charge in [0, 0.05) is 6.07 Å². The van der Waals surface area contributed by atoms with Crippen molar-refractivity contribution in [1.29, 1.82) is 0 Å². The SMILES string of the molecule is O=C(O)c1ccc(N2C(=O)c3ccc(Oc4cccc([N+](=O)[O-])c4)cc3C2=O)cc1. The molecule has 0 aromatic heterocycles. The highest BCUT2D eigenvalue weighted by molar-refractivity contribution is 6.34. The molecule has 0 radical (unpaired) electrons. The van der Waals surface area contributed by atoms with Crippen molar-refractivity contribution in [2.45, 2.75) is 0 Å². The summed E-state index contributed by atoms with van der Waals surface area (Å²) < 4.78 is 5.61. The fraction of sp³-hybridized carbons (Fsp3) is 0. The smallest absolute Gasteiger partial charge is 0.335 e. The van der Waals surface area contributed by atoms with Crippen molar-refractivity contribution in [3.05, 3.63) is 93.5 Å². The zero-order valence-corrected chi connectivity index (χ0v) is 15.1. The van der Waals surface area contributed by atoms with Crippen molar-refractivity contribution >= 4 is 29.2 Å².